The van der Waals surface area contributed by atoms with Gasteiger partial charge < -0.3 is 19.7 Å². The van der Waals surface area contributed by atoms with Crippen LogP contribution in [0, 0.1) is 35.5 Å². The number of hydrogen-bond acceptors (Lipinski definition) is 4. The summed E-state index contributed by atoms with van der Waals surface area (Å²) in [7, 11) is -3.16. The van der Waals surface area contributed by atoms with Gasteiger partial charge in [0, 0.05) is 19.7 Å². The van der Waals surface area contributed by atoms with E-state index in [0.717, 1.165) is 25.7 Å². The molecule has 0 aliphatic heterocycles. The van der Waals surface area contributed by atoms with Crippen LogP contribution in [0.1, 0.15) is 59.3 Å². The van der Waals surface area contributed by atoms with Crippen LogP contribution < -0.4 is 34.5 Å². The Balaban J connectivity index is 0.00000420. The molecule has 0 aromatic rings. The van der Waals surface area contributed by atoms with Crippen LogP contribution in [0.5, 0.6) is 0 Å². The van der Waals surface area contributed by atoms with Gasteiger partial charge in [-0.25, -0.2) is 0 Å². The molecule has 0 aromatic heterocycles. The van der Waals surface area contributed by atoms with E-state index >= 15 is 0 Å². The Hall–Kier alpha value is 0.150. The van der Waals surface area contributed by atoms with Crippen LogP contribution in [0.3, 0.4) is 0 Å². The molecule has 0 saturated heterocycles. The van der Waals surface area contributed by atoms with Crippen LogP contribution in [-0.4, -0.2) is 34.7 Å². The Morgan fingerprint density at radius 1 is 1.38 bits per heavy atom. The minimum Gasteiger partial charge on any atom is -0.799 e. The van der Waals surface area contributed by atoms with Crippen molar-refractivity contribution in [2.24, 2.45) is 23.7 Å². The average molecular weight is 431 g/mol. The van der Waals surface area contributed by atoms with Crippen LogP contribution in [0.15, 0.2) is 23.8 Å². The SMILES string of the molecule is CC#CCC(C)C(O)/C=C/[C@H]1[C@H](O)CC2C/C(=C\CCCP(=O)([O-])CC)C[C@@H]21.[Na+]. The van der Waals surface area contributed by atoms with E-state index < -0.39 is 13.5 Å². The molecule has 0 heterocycles. The Bertz CT molecular complexity index is 678. The topological polar surface area (TPSA) is 80.6 Å². The van der Waals surface area contributed by atoms with E-state index in [1.807, 2.05) is 19.1 Å². The molecule has 2 fully saturated rings. The zero-order valence-corrected chi connectivity index (χ0v) is 21.4. The van der Waals surface area contributed by atoms with Crippen molar-refractivity contribution < 1.29 is 49.2 Å². The minimum atomic E-state index is -3.16. The summed E-state index contributed by atoms with van der Waals surface area (Å²) in [6.07, 6.45) is 10.8. The maximum Gasteiger partial charge on any atom is 1.00 e. The molecular formula is C23H36NaO4P. The molecule has 6 heteroatoms. The summed E-state index contributed by atoms with van der Waals surface area (Å²) < 4.78 is 11.6. The Morgan fingerprint density at radius 3 is 2.76 bits per heavy atom. The molecule has 4 unspecified atom stereocenters. The fraction of sp³-hybridized carbons (Fsp3) is 0.739. The molecule has 4 nitrogen and oxygen atoms in total. The first-order valence-electron chi connectivity index (χ1n) is 10.7. The maximum atomic E-state index is 11.6. The van der Waals surface area contributed by atoms with E-state index in [9.17, 15) is 19.7 Å². The number of hydrogen-bond donors (Lipinski definition) is 2. The molecule has 2 N–H and O–H groups in total. The monoisotopic (exact) mass is 430 g/mol. The number of aliphatic hydroxyl groups excluding tert-OH is 2. The fourth-order valence-corrected chi connectivity index (χ4v) is 5.53. The first kappa shape index (κ1) is 27.2. The molecule has 2 aliphatic carbocycles. The van der Waals surface area contributed by atoms with Crippen molar-refractivity contribution in [2.45, 2.75) is 71.5 Å². The van der Waals surface area contributed by atoms with Gasteiger partial charge in [-0.2, -0.15) is 0 Å². The molecule has 0 aromatic carbocycles. The van der Waals surface area contributed by atoms with Gasteiger partial charge in [0.1, 0.15) is 0 Å². The predicted molar refractivity (Wildman–Crippen MR) is 113 cm³/mol. The Morgan fingerprint density at radius 2 is 2.10 bits per heavy atom. The van der Waals surface area contributed by atoms with Gasteiger partial charge in [0.2, 0.25) is 0 Å². The van der Waals surface area contributed by atoms with Crippen LogP contribution >= 0.6 is 7.37 Å². The summed E-state index contributed by atoms with van der Waals surface area (Å²) >= 11 is 0. The first-order chi connectivity index (χ1) is 13.3. The van der Waals surface area contributed by atoms with Crippen LogP contribution in [0.2, 0.25) is 0 Å². The van der Waals surface area contributed by atoms with Crippen molar-refractivity contribution in [1.29, 1.82) is 0 Å². The molecular weight excluding hydrogens is 394 g/mol. The Labute approximate surface area is 199 Å². The maximum absolute atomic E-state index is 11.6. The molecule has 0 bridgehead atoms. The summed E-state index contributed by atoms with van der Waals surface area (Å²) in [6, 6.07) is 0. The third-order valence-electron chi connectivity index (χ3n) is 6.44. The summed E-state index contributed by atoms with van der Waals surface area (Å²) in [5.41, 5.74) is 1.41. The molecule has 2 aliphatic rings. The van der Waals surface area contributed by atoms with E-state index in [4.69, 9.17) is 0 Å². The second-order valence-electron chi connectivity index (χ2n) is 8.56. The van der Waals surface area contributed by atoms with E-state index in [0.29, 0.717) is 30.8 Å². The van der Waals surface area contributed by atoms with Gasteiger partial charge in [0.25, 0.3) is 0 Å². The first-order valence-corrected chi connectivity index (χ1v) is 12.7. The largest absolute Gasteiger partial charge is 1.00 e. The molecule has 7 atom stereocenters. The third-order valence-corrected chi connectivity index (χ3v) is 8.40. The van der Waals surface area contributed by atoms with Gasteiger partial charge in [0.05, 0.1) is 12.2 Å². The number of unbranched alkanes of at least 4 members (excludes halogenated alkanes) is 1. The van der Waals surface area contributed by atoms with Crippen LogP contribution in [-0.2, 0) is 4.57 Å². The molecule has 0 radical (unpaired) electrons. The second-order valence-corrected chi connectivity index (χ2v) is 11.3. The van der Waals surface area contributed by atoms with Gasteiger partial charge in [-0.15, -0.1) is 11.8 Å². The summed E-state index contributed by atoms with van der Waals surface area (Å²) in [6.45, 7) is 5.50. The van der Waals surface area contributed by atoms with Crippen molar-refractivity contribution in [2.75, 3.05) is 12.3 Å². The minimum absolute atomic E-state index is 0. The van der Waals surface area contributed by atoms with Gasteiger partial charge in [0.15, 0.2) is 0 Å². The quantitative estimate of drug-likeness (QED) is 0.186. The van der Waals surface area contributed by atoms with Crippen LogP contribution in [0.4, 0.5) is 0 Å². The predicted octanol–water partition coefficient (Wildman–Crippen LogP) is 0.729. The zero-order valence-electron chi connectivity index (χ0n) is 18.5. The van der Waals surface area contributed by atoms with Crippen molar-refractivity contribution in [3.63, 3.8) is 0 Å². The number of rotatable bonds is 9. The van der Waals surface area contributed by atoms with E-state index in [2.05, 4.69) is 17.9 Å². The van der Waals surface area contributed by atoms with Gasteiger partial charge >= 0.3 is 29.6 Å². The van der Waals surface area contributed by atoms with Crippen molar-refractivity contribution in [1.82, 2.24) is 0 Å². The van der Waals surface area contributed by atoms with Gasteiger partial charge in [-0.1, -0.05) is 37.6 Å². The standard InChI is InChI=1S/C23H37O4P.Na/c1-4-6-9-17(3)22(24)12-11-20-21-15-18(14-19(21)16-23(20)25)10-7-8-13-28(26,27)5-2;/h10-12,17,19-25H,5,7-9,13-16H2,1-3H3,(H,26,27);/q;+1/p-1/b12-11+,18-10+;/t17?,19?,20-,21+,22?,23-;/m1./s1. The van der Waals surface area contributed by atoms with E-state index in [1.54, 1.807) is 13.8 Å². The summed E-state index contributed by atoms with van der Waals surface area (Å²) in [4.78, 5) is 11.6. The zero-order chi connectivity index (χ0) is 20.7. The van der Waals surface area contributed by atoms with E-state index in [-0.39, 0.29) is 53.7 Å². The molecule has 2 rings (SSSR count). The molecule has 0 spiro atoms. The third kappa shape index (κ3) is 8.30. The Kier molecular flexibility index (Phi) is 12.1. The van der Waals surface area contributed by atoms with Crippen molar-refractivity contribution in [3.8, 4) is 11.8 Å². The number of fused-ring (bicyclic) bond motifs is 1. The molecule has 158 valence electrons. The molecule has 29 heavy (non-hydrogen) atoms. The summed E-state index contributed by atoms with van der Waals surface area (Å²) in [5, 5.41) is 20.8. The van der Waals surface area contributed by atoms with Crippen molar-refractivity contribution >= 4 is 7.37 Å². The molecule has 2 saturated carbocycles. The second kappa shape index (κ2) is 12.9. The number of aliphatic hydroxyl groups is 2. The molecule has 0 amide bonds. The van der Waals surface area contributed by atoms with E-state index in [1.165, 1.54) is 5.57 Å². The van der Waals surface area contributed by atoms with Crippen LogP contribution in [0.25, 0.3) is 0 Å². The van der Waals surface area contributed by atoms with Gasteiger partial charge in [-0.3, -0.25) is 0 Å². The smallest absolute Gasteiger partial charge is 0.799 e. The normalized spacial score (nSPS) is 31.6. The number of allylic oxidation sites excluding steroid dienone is 2. The van der Waals surface area contributed by atoms with Crippen molar-refractivity contribution in [3.05, 3.63) is 23.8 Å². The average Bonchev–Trinajstić information content (AvgIpc) is 3.17. The fourth-order valence-electron chi connectivity index (χ4n) is 4.55. The summed E-state index contributed by atoms with van der Waals surface area (Å²) in [5.74, 6) is 6.97. The van der Waals surface area contributed by atoms with Gasteiger partial charge in [-0.05, 0) is 69.1 Å².